The quantitative estimate of drug-likeness (QED) is 0.765. The number of hydrogen-bond donors (Lipinski definition) is 1. The molecule has 7 nitrogen and oxygen atoms in total. The van der Waals surface area contributed by atoms with Crippen molar-refractivity contribution in [1.82, 2.24) is 14.3 Å². The zero-order valence-electron chi connectivity index (χ0n) is 14.8. The van der Waals surface area contributed by atoms with Crippen LogP contribution in [0.5, 0.6) is 5.75 Å². The lowest BCUT2D eigenvalue weighted by Crippen LogP contribution is -2.35. The van der Waals surface area contributed by atoms with Crippen molar-refractivity contribution in [3.63, 3.8) is 0 Å². The fourth-order valence-corrected chi connectivity index (χ4v) is 2.44. The lowest BCUT2D eigenvalue weighted by Gasteiger charge is -2.22. The summed E-state index contributed by atoms with van der Waals surface area (Å²) in [7, 11) is 0. The van der Waals surface area contributed by atoms with Gasteiger partial charge in [-0.1, -0.05) is 0 Å². The van der Waals surface area contributed by atoms with E-state index in [0.717, 1.165) is 0 Å². The SMILES string of the molecule is Cc1nn(-c2cc(OC(C)(F)C(F)F)c(C(=O)O)cc2F)c(=O)n1C(C)C. The molecule has 0 radical (unpaired) electrons. The van der Waals surface area contributed by atoms with Gasteiger partial charge in [0.05, 0.1) is 0 Å². The molecule has 0 aliphatic carbocycles. The second-order valence-corrected chi connectivity index (χ2v) is 6.20. The van der Waals surface area contributed by atoms with Crippen molar-refractivity contribution in [3.8, 4) is 11.4 Å². The van der Waals surface area contributed by atoms with Crippen LogP contribution < -0.4 is 10.4 Å². The molecule has 1 unspecified atom stereocenters. The number of hydrogen-bond acceptors (Lipinski definition) is 4. The molecule has 2 aromatic rings. The van der Waals surface area contributed by atoms with Gasteiger partial charge in [0.25, 0.3) is 0 Å². The summed E-state index contributed by atoms with van der Waals surface area (Å²) in [6, 6.07) is 0.790. The summed E-state index contributed by atoms with van der Waals surface area (Å²) in [4.78, 5) is 23.7. The monoisotopic (exact) mass is 391 g/mol. The molecule has 0 aliphatic heterocycles. The molecule has 1 atom stereocenters. The Labute approximate surface area is 150 Å². The average molecular weight is 391 g/mol. The van der Waals surface area contributed by atoms with E-state index in [9.17, 15) is 27.2 Å². The highest BCUT2D eigenvalue weighted by atomic mass is 19.3. The molecular formula is C16H17F4N3O4. The maximum absolute atomic E-state index is 14.4. The third-order valence-corrected chi connectivity index (χ3v) is 3.70. The topological polar surface area (TPSA) is 86.4 Å². The number of aryl methyl sites for hydroxylation is 1. The standard InChI is InChI=1S/C16H17F4N3O4/c1-7(2)22-8(3)21-23(15(22)26)11-6-12(27-16(4,20)14(18)19)9(13(24)25)5-10(11)17/h5-7,14H,1-4H3,(H,24,25). The van der Waals surface area contributed by atoms with Crippen molar-refractivity contribution < 1.29 is 32.2 Å². The highest BCUT2D eigenvalue weighted by Crippen LogP contribution is 2.31. The Balaban J connectivity index is 2.70. The van der Waals surface area contributed by atoms with Crippen LogP contribution in [0, 0.1) is 12.7 Å². The van der Waals surface area contributed by atoms with Gasteiger partial charge in [0.1, 0.15) is 28.6 Å². The number of rotatable bonds is 6. The minimum absolute atomic E-state index is 0.238. The van der Waals surface area contributed by atoms with E-state index in [4.69, 9.17) is 5.11 Å². The smallest absolute Gasteiger partial charge is 0.351 e. The summed E-state index contributed by atoms with van der Waals surface area (Å²) < 4.78 is 60.2. The summed E-state index contributed by atoms with van der Waals surface area (Å²) in [6.45, 7) is 5.27. The fraction of sp³-hybridized carbons (Fsp3) is 0.438. The number of carboxylic acid groups (broad SMARTS) is 1. The molecule has 0 saturated carbocycles. The number of aromatic nitrogens is 3. The van der Waals surface area contributed by atoms with E-state index in [-0.39, 0.29) is 11.9 Å². The largest absolute Gasteiger partial charge is 0.478 e. The molecule has 1 aromatic carbocycles. The van der Waals surface area contributed by atoms with E-state index in [1.807, 2.05) is 0 Å². The summed E-state index contributed by atoms with van der Waals surface area (Å²) in [6.07, 6.45) is -3.60. The number of carboxylic acids is 1. The molecule has 0 amide bonds. The molecule has 1 aromatic heterocycles. The predicted molar refractivity (Wildman–Crippen MR) is 86.0 cm³/mol. The predicted octanol–water partition coefficient (Wildman–Crippen LogP) is 3.09. The van der Waals surface area contributed by atoms with Crippen molar-refractivity contribution in [3.05, 3.63) is 39.8 Å². The van der Waals surface area contributed by atoms with Crippen LogP contribution in [0.25, 0.3) is 5.69 Å². The molecule has 1 N–H and O–H groups in total. The van der Waals surface area contributed by atoms with E-state index >= 15 is 0 Å². The Morgan fingerprint density at radius 3 is 2.37 bits per heavy atom. The van der Waals surface area contributed by atoms with Gasteiger partial charge in [-0.05, 0) is 26.8 Å². The Morgan fingerprint density at radius 1 is 1.33 bits per heavy atom. The third kappa shape index (κ3) is 3.81. The highest BCUT2D eigenvalue weighted by molar-refractivity contribution is 5.91. The number of carbonyl (C=O) groups is 1. The summed E-state index contributed by atoms with van der Waals surface area (Å²) in [5, 5.41) is 13.0. The molecule has 27 heavy (non-hydrogen) atoms. The Bertz CT molecular complexity index is 934. The van der Waals surface area contributed by atoms with Crippen molar-refractivity contribution in [1.29, 1.82) is 0 Å². The molecule has 0 bridgehead atoms. The van der Waals surface area contributed by atoms with Gasteiger partial charge in [0.15, 0.2) is 0 Å². The van der Waals surface area contributed by atoms with Crippen LogP contribution in [-0.4, -0.2) is 37.7 Å². The molecule has 0 fully saturated rings. The van der Waals surface area contributed by atoms with Crippen LogP contribution in [0.4, 0.5) is 17.6 Å². The zero-order chi connectivity index (χ0) is 20.7. The lowest BCUT2D eigenvalue weighted by atomic mass is 10.1. The second-order valence-electron chi connectivity index (χ2n) is 6.20. The molecule has 148 valence electrons. The minimum atomic E-state index is -3.60. The first-order valence-corrected chi connectivity index (χ1v) is 7.78. The van der Waals surface area contributed by atoms with Gasteiger partial charge in [-0.2, -0.15) is 14.2 Å². The first-order valence-electron chi connectivity index (χ1n) is 7.78. The Kier molecular flexibility index (Phi) is 5.34. The van der Waals surface area contributed by atoms with E-state index in [1.165, 1.54) is 11.5 Å². The van der Waals surface area contributed by atoms with Gasteiger partial charge in [-0.15, -0.1) is 0 Å². The Morgan fingerprint density at radius 2 is 1.93 bits per heavy atom. The van der Waals surface area contributed by atoms with Gasteiger partial charge in [0, 0.05) is 19.0 Å². The molecule has 0 spiro atoms. The van der Waals surface area contributed by atoms with Crippen molar-refractivity contribution in [2.75, 3.05) is 0 Å². The van der Waals surface area contributed by atoms with E-state index in [2.05, 4.69) is 9.84 Å². The maximum Gasteiger partial charge on any atom is 0.351 e. The fourth-order valence-electron chi connectivity index (χ4n) is 2.44. The maximum atomic E-state index is 14.4. The van der Waals surface area contributed by atoms with Gasteiger partial charge in [0.2, 0.25) is 0 Å². The van der Waals surface area contributed by atoms with E-state index in [0.29, 0.717) is 23.7 Å². The van der Waals surface area contributed by atoms with Gasteiger partial charge in [-0.25, -0.2) is 22.8 Å². The number of benzene rings is 1. The molecule has 11 heteroatoms. The summed E-state index contributed by atoms with van der Waals surface area (Å²) >= 11 is 0. The normalized spacial score (nSPS) is 13.9. The number of nitrogens with zero attached hydrogens (tertiary/aromatic N) is 3. The van der Waals surface area contributed by atoms with Crippen molar-refractivity contribution >= 4 is 5.97 Å². The van der Waals surface area contributed by atoms with Gasteiger partial charge >= 0.3 is 23.9 Å². The first-order chi connectivity index (χ1) is 12.4. The summed E-state index contributed by atoms with van der Waals surface area (Å²) in [5.41, 5.74) is -2.19. The van der Waals surface area contributed by atoms with Crippen molar-refractivity contribution in [2.24, 2.45) is 0 Å². The van der Waals surface area contributed by atoms with E-state index in [1.54, 1.807) is 13.8 Å². The molecule has 2 rings (SSSR count). The van der Waals surface area contributed by atoms with Crippen LogP contribution >= 0.6 is 0 Å². The van der Waals surface area contributed by atoms with Gasteiger partial charge in [-0.3, -0.25) is 4.57 Å². The van der Waals surface area contributed by atoms with Crippen LogP contribution in [-0.2, 0) is 0 Å². The number of ether oxygens (including phenoxy) is 1. The molecule has 0 saturated heterocycles. The minimum Gasteiger partial charge on any atom is -0.478 e. The summed E-state index contributed by atoms with van der Waals surface area (Å²) in [5.74, 6) is -7.06. The first kappa shape index (κ1) is 20.5. The molecule has 1 heterocycles. The average Bonchev–Trinajstić information content (AvgIpc) is 2.82. The number of halogens is 4. The Hall–Kier alpha value is -2.85. The van der Waals surface area contributed by atoms with Crippen LogP contribution in [0.3, 0.4) is 0 Å². The van der Waals surface area contributed by atoms with Crippen molar-refractivity contribution in [2.45, 2.75) is 46.0 Å². The highest BCUT2D eigenvalue weighted by Gasteiger charge is 2.39. The number of aromatic carboxylic acids is 1. The third-order valence-electron chi connectivity index (χ3n) is 3.70. The van der Waals surface area contributed by atoms with Crippen LogP contribution in [0.15, 0.2) is 16.9 Å². The second kappa shape index (κ2) is 7.05. The zero-order valence-corrected chi connectivity index (χ0v) is 14.8. The van der Waals surface area contributed by atoms with E-state index < -0.39 is 46.8 Å². The number of alkyl halides is 3. The molecular weight excluding hydrogens is 374 g/mol. The lowest BCUT2D eigenvalue weighted by molar-refractivity contribution is -0.153. The van der Waals surface area contributed by atoms with Gasteiger partial charge < -0.3 is 9.84 Å². The van der Waals surface area contributed by atoms with Crippen LogP contribution in [0.2, 0.25) is 0 Å². The van der Waals surface area contributed by atoms with Crippen LogP contribution in [0.1, 0.15) is 43.0 Å². The molecule has 0 aliphatic rings.